The highest BCUT2D eigenvalue weighted by molar-refractivity contribution is 9.08. The van der Waals surface area contributed by atoms with Gasteiger partial charge in [-0.3, -0.25) is 24.0 Å². The van der Waals surface area contributed by atoms with Gasteiger partial charge in [-0.2, -0.15) is 0 Å². The van der Waals surface area contributed by atoms with Crippen molar-refractivity contribution < 1.29 is 83.4 Å². The summed E-state index contributed by atoms with van der Waals surface area (Å²) in [6, 6.07) is 9.46. The molecule has 0 aromatic heterocycles. The molecule has 0 spiro atoms. The molecule has 2 aromatic rings. The first-order chi connectivity index (χ1) is 27.6. The lowest BCUT2D eigenvalue weighted by atomic mass is 9.98. The maximum Gasteiger partial charge on any atom is 0.501 e. The van der Waals surface area contributed by atoms with Crippen LogP contribution in [0.3, 0.4) is 0 Å². The van der Waals surface area contributed by atoms with Gasteiger partial charge in [0.05, 0.1) is 39.6 Å². The molecule has 0 saturated carbocycles. The zero-order valence-electron chi connectivity index (χ0n) is 32.2. The fraction of sp³-hybridized carbons (Fsp3) is 0.528. The number of ether oxygens (including phenoxy) is 9. The maximum atomic E-state index is 13.3. The number of carbonyl (C=O) groups is 5. The molecule has 1 aliphatic heterocycles. The number of esters is 4. The monoisotopic (exact) mass is 906 g/mol. The highest BCUT2D eigenvalue weighted by Crippen LogP contribution is 2.36. The van der Waals surface area contributed by atoms with E-state index >= 15 is 0 Å². The van der Waals surface area contributed by atoms with Gasteiger partial charge in [0.1, 0.15) is 18.5 Å². The lowest BCUT2D eigenvalue weighted by Gasteiger charge is -2.43. The first-order valence-electron chi connectivity index (χ1n) is 17.7. The average molecular weight is 908 g/mol. The number of benzene rings is 2. The van der Waals surface area contributed by atoms with Crippen molar-refractivity contribution >= 4 is 56.1 Å². The summed E-state index contributed by atoms with van der Waals surface area (Å²) < 4.78 is 86.4. The molecule has 1 heterocycles. The molecule has 1 fully saturated rings. The van der Waals surface area contributed by atoms with E-state index in [1.165, 1.54) is 18.2 Å². The minimum atomic E-state index is -4.94. The van der Waals surface area contributed by atoms with Gasteiger partial charge in [0.25, 0.3) is 5.91 Å². The molecular formula is C36H47BrN2O18S. The van der Waals surface area contributed by atoms with Crippen LogP contribution in [-0.2, 0) is 72.8 Å². The number of carbonyl (C=O) groups excluding carboxylic acids is 5. The normalized spacial score (nSPS) is 19.0. The number of amides is 1. The van der Waals surface area contributed by atoms with E-state index in [-0.39, 0.29) is 31.1 Å². The van der Waals surface area contributed by atoms with Crippen molar-refractivity contribution in [3.8, 4) is 17.2 Å². The van der Waals surface area contributed by atoms with Crippen LogP contribution in [0.15, 0.2) is 42.5 Å². The number of halogens is 1. The summed E-state index contributed by atoms with van der Waals surface area (Å²) in [4.78, 5) is 61.7. The molecule has 3 rings (SSSR count). The smallest absolute Gasteiger partial charge is 0.463 e. The number of hydrogen-bond donors (Lipinski definition) is 2. The molecular weight excluding hydrogens is 860 g/mol. The third-order valence-corrected chi connectivity index (χ3v) is 8.83. The SMILES string of the molecule is CC(=O)OC[C@H]1OC(Oc2ccc(C(=O)NCCOCCOCCOCCN)cc2OS(=O)(=O)Oc2ccc(CBr)cc2)[C@H](OC(C)=O)[C@@H](OC(C)=O)[C@H]1OC(C)=O. The fourth-order valence-corrected chi connectivity index (χ4v) is 6.17. The van der Waals surface area contributed by atoms with Crippen LogP contribution in [0.2, 0.25) is 0 Å². The highest BCUT2D eigenvalue weighted by Gasteiger charge is 2.53. The van der Waals surface area contributed by atoms with Gasteiger partial charge in [-0.1, -0.05) is 28.1 Å². The molecule has 1 unspecified atom stereocenters. The fourth-order valence-electron chi connectivity index (χ4n) is 5.06. The quantitative estimate of drug-likeness (QED) is 0.0654. The Morgan fingerprint density at radius 2 is 1.31 bits per heavy atom. The molecule has 1 aliphatic rings. The van der Waals surface area contributed by atoms with Crippen LogP contribution in [0.4, 0.5) is 0 Å². The zero-order chi connectivity index (χ0) is 42.7. The van der Waals surface area contributed by atoms with Gasteiger partial charge in [0.15, 0.2) is 23.7 Å². The Morgan fingerprint density at radius 1 is 0.724 bits per heavy atom. The Hall–Kier alpha value is -4.58. The van der Waals surface area contributed by atoms with Crippen LogP contribution in [0, 0.1) is 0 Å². The minimum Gasteiger partial charge on any atom is -0.463 e. The Kier molecular flexibility index (Phi) is 20.1. The first kappa shape index (κ1) is 47.8. The maximum absolute atomic E-state index is 13.3. The van der Waals surface area contributed by atoms with Gasteiger partial charge < -0.3 is 62.0 Å². The van der Waals surface area contributed by atoms with Crippen LogP contribution in [0.1, 0.15) is 43.6 Å². The third kappa shape index (κ3) is 16.7. The molecule has 0 aliphatic carbocycles. The van der Waals surface area contributed by atoms with Gasteiger partial charge in [-0.05, 0) is 35.9 Å². The summed E-state index contributed by atoms with van der Waals surface area (Å²) in [7, 11) is -4.94. The summed E-state index contributed by atoms with van der Waals surface area (Å²) in [5.41, 5.74) is 6.09. The van der Waals surface area contributed by atoms with E-state index in [9.17, 15) is 32.4 Å². The summed E-state index contributed by atoms with van der Waals surface area (Å²) in [5.74, 6) is -5.16. The molecule has 20 nitrogen and oxygen atoms in total. The molecule has 1 amide bonds. The molecule has 3 N–H and O–H groups in total. The summed E-state index contributed by atoms with van der Waals surface area (Å²) in [6.45, 7) is 5.99. The third-order valence-electron chi connectivity index (χ3n) is 7.40. The van der Waals surface area contributed by atoms with E-state index in [1.807, 2.05) is 0 Å². The molecule has 1 saturated heterocycles. The van der Waals surface area contributed by atoms with Crippen LogP contribution in [-0.4, -0.2) is 128 Å². The zero-order valence-corrected chi connectivity index (χ0v) is 34.6. The molecule has 22 heteroatoms. The Morgan fingerprint density at radius 3 is 1.90 bits per heavy atom. The Labute approximate surface area is 343 Å². The van der Waals surface area contributed by atoms with Crippen LogP contribution >= 0.6 is 15.9 Å². The van der Waals surface area contributed by atoms with E-state index in [1.54, 1.807) is 12.1 Å². The van der Waals surface area contributed by atoms with E-state index in [4.69, 9.17) is 56.7 Å². The van der Waals surface area contributed by atoms with Crippen LogP contribution in [0.5, 0.6) is 17.2 Å². The summed E-state index contributed by atoms with van der Waals surface area (Å²) in [5, 5.41) is 3.13. The van der Waals surface area contributed by atoms with Crippen molar-refractivity contribution in [2.24, 2.45) is 5.73 Å². The molecule has 0 radical (unpaired) electrons. The van der Waals surface area contributed by atoms with Gasteiger partial charge in [0.2, 0.25) is 12.4 Å². The van der Waals surface area contributed by atoms with Gasteiger partial charge in [-0.25, -0.2) is 0 Å². The molecule has 2 aromatic carbocycles. The number of nitrogens with two attached hydrogens (primary N) is 1. The molecule has 58 heavy (non-hydrogen) atoms. The van der Waals surface area contributed by atoms with Crippen molar-refractivity contribution in [3.05, 3.63) is 53.6 Å². The lowest BCUT2D eigenvalue weighted by Crippen LogP contribution is -2.63. The lowest BCUT2D eigenvalue weighted by molar-refractivity contribution is -0.288. The number of rotatable bonds is 24. The predicted molar refractivity (Wildman–Crippen MR) is 202 cm³/mol. The Balaban J connectivity index is 1.91. The van der Waals surface area contributed by atoms with E-state index in [0.717, 1.165) is 45.4 Å². The van der Waals surface area contributed by atoms with Crippen molar-refractivity contribution in [2.75, 3.05) is 59.3 Å². The number of nitrogens with one attached hydrogen (secondary N) is 1. The summed E-state index contributed by atoms with van der Waals surface area (Å²) in [6.07, 6.45) is -7.93. The second-order valence-corrected chi connectivity index (χ2v) is 13.8. The van der Waals surface area contributed by atoms with Crippen molar-refractivity contribution in [2.45, 2.75) is 63.7 Å². The second-order valence-electron chi connectivity index (χ2n) is 12.1. The van der Waals surface area contributed by atoms with E-state index < -0.39 is 89.0 Å². The highest BCUT2D eigenvalue weighted by atomic mass is 79.9. The minimum absolute atomic E-state index is 0.0590. The van der Waals surface area contributed by atoms with Crippen molar-refractivity contribution in [1.82, 2.24) is 5.32 Å². The first-order valence-corrected chi connectivity index (χ1v) is 20.2. The predicted octanol–water partition coefficient (Wildman–Crippen LogP) is 1.48. The largest absolute Gasteiger partial charge is 0.501 e. The molecule has 5 atom stereocenters. The topological polar surface area (TPSA) is 259 Å². The van der Waals surface area contributed by atoms with Gasteiger partial charge in [0, 0.05) is 51.7 Å². The Bertz CT molecular complexity index is 1780. The number of hydrogen-bond acceptors (Lipinski definition) is 19. The average Bonchev–Trinajstić information content (AvgIpc) is 3.15. The number of alkyl halides is 1. The van der Waals surface area contributed by atoms with Gasteiger partial charge in [-0.15, -0.1) is 8.42 Å². The van der Waals surface area contributed by atoms with Crippen molar-refractivity contribution in [3.63, 3.8) is 0 Å². The van der Waals surface area contributed by atoms with Crippen LogP contribution in [0.25, 0.3) is 0 Å². The van der Waals surface area contributed by atoms with Gasteiger partial charge >= 0.3 is 34.3 Å². The standard InChI is InChI=1S/C36H47BrN2O18S/c1-22(40)50-21-31-32(51-23(2)41)33(52-24(3)42)34(53-25(4)43)36(55-31)54-29-10-7-27(35(44)39-12-14-48-16-18-49-17-15-47-13-11-38)19-30(29)57-58(45,46)56-28-8-5-26(20-37)6-9-28/h5-10,19,31-34,36H,11-18,20-21,38H2,1-4H3,(H,39,44)/t31-,32+,33+,34-,36?/m1/s1. The van der Waals surface area contributed by atoms with E-state index in [0.29, 0.717) is 38.3 Å². The van der Waals surface area contributed by atoms with Crippen LogP contribution < -0.4 is 24.2 Å². The second kappa shape index (κ2) is 24.4. The van der Waals surface area contributed by atoms with Crippen molar-refractivity contribution in [1.29, 1.82) is 0 Å². The molecule has 0 bridgehead atoms. The summed E-state index contributed by atoms with van der Waals surface area (Å²) >= 11 is 3.31. The molecule has 322 valence electrons. The van der Waals surface area contributed by atoms with E-state index in [2.05, 4.69) is 21.2 Å².